The van der Waals surface area contributed by atoms with Crippen molar-refractivity contribution in [1.82, 2.24) is 10.1 Å². The molecular formula is C16H23N3OS. The van der Waals surface area contributed by atoms with Crippen molar-refractivity contribution in [2.24, 2.45) is 5.73 Å². The van der Waals surface area contributed by atoms with Gasteiger partial charge in [0.1, 0.15) is 0 Å². The van der Waals surface area contributed by atoms with Gasteiger partial charge in [-0.2, -0.15) is 4.98 Å². The average Bonchev–Trinajstić information content (AvgIpc) is 2.95. The summed E-state index contributed by atoms with van der Waals surface area (Å²) in [5, 5.41) is 4.06. The van der Waals surface area contributed by atoms with E-state index in [4.69, 9.17) is 10.3 Å². The lowest BCUT2D eigenvalue weighted by Gasteiger charge is -2.07. The number of benzene rings is 1. The third-order valence-electron chi connectivity index (χ3n) is 3.31. The van der Waals surface area contributed by atoms with Crippen LogP contribution in [-0.4, -0.2) is 16.2 Å². The summed E-state index contributed by atoms with van der Waals surface area (Å²) in [6, 6.07) is 10.5. The minimum absolute atomic E-state index is 0.262. The highest BCUT2D eigenvalue weighted by atomic mass is 32.2. The first-order valence-corrected chi connectivity index (χ1v) is 8.39. The molecule has 0 amide bonds. The van der Waals surface area contributed by atoms with Crippen molar-refractivity contribution in [1.29, 1.82) is 0 Å². The number of nitrogens with two attached hydrogens (primary N) is 1. The number of hydrogen-bond acceptors (Lipinski definition) is 5. The maximum Gasteiger partial charge on any atom is 0.229 e. The SMILES string of the molecule is CC(N)CCCC(C)c1nc(CSc2ccccc2)no1. The molecule has 21 heavy (non-hydrogen) atoms. The molecule has 0 aliphatic heterocycles. The fourth-order valence-electron chi connectivity index (χ4n) is 2.06. The Morgan fingerprint density at radius 1 is 1.19 bits per heavy atom. The molecule has 5 heteroatoms. The average molecular weight is 305 g/mol. The zero-order valence-corrected chi connectivity index (χ0v) is 13.5. The van der Waals surface area contributed by atoms with Crippen LogP contribution in [0.25, 0.3) is 0 Å². The van der Waals surface area contributed by atoms with Crippen LogP contribution in [0.15, 0.2) is 39.8 Å². The first-order valence-electron chi connectivity index (χ1n) is 7.41. The quantitative estimate of drug-likeness (QED) is 0.747. The second-order valence-corrected chi connectivity index (χ2v) is 6.51. The zero-order valence-electron chi connectivity index (χ0n) is 12.7. The molecule has 0 bridgehead atoms. The Kier molecular flexibility index (Phi) is 6.26. The van der Waals surface area contributed by atoms with Crippen molar-refractivity contribution < 1.29 is 4.52 Å². The molecule has 2 aromatic rings. The maximum absolute atomic E-state index is 5.76. The van der Waals surface area contributed by atoms with E-state index in [1.807, 2.05) is 25.1 Å². The molecule has 1 aromatic carbocycles. The Balaban J connectivity index is 1.80. The zero-order chi connectivity index (χ0) is 15.1. The molecule has 0 saturated heterocycles. The van der Waals surface area contributed by atoms with Gasteiger partial charge in [-0.3, -0.25) is 0 Å². The summed E-state index contributed by atoms with van der Waals surface area (Å²) < 4.78 is 5.37. The van der Waals surface area contributed by atoms with Gasteiger partial charge in [0.15, 0.2) is 5.82 Å². The lowest BCUT2D eigenvalue weighted by atomic mass is 10.0. The van der Waals surface area contributed by atoms with Crippen LogP contribution in [0.5, 0.6) is 0 Å². The third kappa shape index (κ3) is 5.52. The molecule has 0 spiro atoms. The highest BCUT2D eigenvalue weighted by Gasteiger charge is 2.14. The predicted octanol–water partition coefficient (Wildman–Crippen LogP) is 3.98. The van der Waals surface area contributed by atoms with Crippen molar-refractivity contribution in [3.05, 3.63) is 42.0 Å². The van der Waals surface area contributed by atoms with Gasteiger partial charge in [0.2, 0.25) is 5.89 Å². The first-order chi connectivity index (χ1) is 10.1. The Morgan fingerprint density at radius 2 is 1.95 bits per heavy atom. The molecule has 0 aliphatic carbocycles. The molecule has 2 N–H and O–H groups in total. The largest absolute Gasteiger partial charge is 0.339 e. The van der Waals surface area contributed by atoms with E-state index >= 15 is 0 Å². The maximum atomic E-state index is 5.76. The number of nitrogens with zero attached hydrogens (tertiary/aromatic N) is 2. The molecule has 4 nitrogen and oxygen atoms in total. The summed E-state index contributed by atoms with van der Waals surface area (Å²) in [5.41, 5.74) is 5.76. The summed E-state index contributed by atoms with van der Waals surface area (Å²) in [4.78, 5) is 5.71. The highest BCUT2D eigenvalue weighted by molar-refractivity contribution is 7.98. The van der Waals surface area contributed by atoms with Gasteiger partial charge in [-0.05, 0) is 31.9 Å². The van der Waals surface area contributed by atoms with Crippen LogP contribution in [0.4, 0.5) is 0 Å². The molecule has 0 saturated carbocycles. The van der Waals surface area contributed by atoms with Gasteiger partial charge < -0.3 is 10.3 Å². The molecule has 2 rings (SSSR count). The molecular weight excluding hydrogens is 282 g/mol. The van der Waals surface area contributed by atoms with Crippen LogP contribution in [0.3, 0.4) is 0 Å². The van der Waals surface area contributed by atoms with E-state index in [1.54, 1.807) is 11.8 Å². The van der Waals surface area contributed by atoms with Gasteiger partial charge in [-0.15, -0.1) is 11.8 Å². The van der Waals surface area contributed by atoms with E-state index in [2.05, 4.69) is 29.2 Å². The minimum Gasteiger partial charge on any atom is -0.339 e. The van der Waals surface area contributed by atoms with E-state index < -0.39 is 0 Å². The fourth-order valence-corrected chi connectivity index (χ4v) is 2.82. The summed E-state index contributed by atoms with van der Waals surface area (Å²) in [6.07, 6.45) is 3.17. The second-order valence-electron chi connectivity index (χ2n) is 5.46. The standard InChI is InChI=1S/C16H23N3OS/c1-12(7-6-8-13(2)17)16-18-15(19-20-16)11-21-14-9-4-3-5-10-14/h3-5,9-10,12-13H,6-8,11,17H2,1-2H3. The summed E-state index contributed by atoms with van der Waals surface area (Å²) in [5.74, 6) is 2.54. The summed E-state index contributed by atoms with van der Waals surface area (Å²) in [7, 11) is 0. The molecule has 0 aliphatic rings. The van der Waals surface area contributed by atoms with Gasteiger partial charge in [0.25, 0.3) is 0 Å². The highest BCUT2D eigenvalue weighted by Crippen LogP contribution is 2.24. The fraction of sp³-hybridized carbons (Fsp3) is 0.500. The summed E-state index contributed by atoms with van der Waals surface area (Å²) >= 11 is 1.72. The van der Waals surface area contributed by atoms with Crippen LogP contribution in [0.1, 0.15) is 50.7 Å². The van der Waals surface area contributed by atoms with Crippen molar-refractivity contribution in [3.8, 4) is 0 Å². The van der Waals surface area contributed by atoms with Crippen molar-refractivity contribution in [2.75, 3.05) is 0 Å². The smallest absolute Gasteiger partial charge is 0.229 e. The van der Waals surface area contributed by atoms with Crippen LogP contribution < -0.4 is 5.73 Å². The Bertz CT molecular complexity index is 527. The monoisotopic (exact) mass is 305 g/mol. The second kappa shape index (κ2) is 8.20. The van der Waals surface area contributed by atoms with Crippen molar-refractivity contribution in [3.63, 3.8) is 0 Å². The van der Waals surface area contributed by atoms with E-state index in [9.17, 15) is 0 Å². The van der Waals surface area contributed by atoms with Gasteiger partial charge in [-0.25, -0.2) is 0 Å². The Labute approximate surface area is 130 Å². The topological polar surface area (TPSA) is 64.9 Å². The van der Waals surface area contributed by atoms with E-state index in [-0.39, 0.29) is 6.04 Å². The number of thioether (sulfide) groups is 1. The molecule has 2 atom stereocenters. The van der Waals surface area contributed by atoms with Crippen LogP contribution in [0, 0.1) is 0 Å². The minimum atomic E-state index is 0.262. The van der Waals surface area contributed by atoms with Gasteiger partial charge in [-0.1, -0.05) is 36.7 Å². The Hall–Kier alpha value is -1.33. The predicted molar refractivity (Wildman–Crippen MR) is 86.2 cm³/mol. The normalized spacial score (nSPS) is 14.0. The summed E-state index contributed by atoms with van der Waals surface area (Å²) in [6.45, 7) is 4.17. The number of rotatable bonds is 8. The third-order valence-corrected chi connectivity index (χ3v) is 4.32. The lowest BCUT2D eigenvalue weighted by molar-refractivity contribution is 0.347. The molecule has 0 fully saturated rings. The van der Waals surface area contributed by atoms with Crippen molar-refractivity contribution >= 4 is 11.8 Å². The number of aromatic nitrogens is 2. The van der Waals surface area contributed by atoms with Gasteiger partial charge in [0, 0.05) is 16.9 Å². The van der Waals surface area contributed by atoms with Crippen LogP contribution in [-0.2, 0) is 5.75 Å². The number of hydrogen-bond donors (Lipinski definition) is 1. The molecule has 1 heterocycles. The Morgan fingerprint density at radius 3 is 2.67 bits per heavy atom. The van der Waals surface area contributed by atoms with E-state index in [1.165, 1.54) is 4.90 Å². The van der Waals surface area contributed by atoms with Gasteiger partial charge >= 0.3 is 0 Å². The lowest BCUT2D eigenvalue weighted by Crippen LogP contribution is -2.14. The van der Waals surface area contributed by atoms with E-state index in [0.717, 1.165) is 36.7 Å². The molecule has 1 aromatic heterocycles. The van der Waals surface area contributed by atoms with Crippen LogP contribution >= 0.6 is 11.8 Å². The molecule has 0 radical (unpaired) electrons. The molecule has 2 unspecified atom stereocenters. The van der Waals surface area contributed by atoms with Gasteiger partial charge in [0.05, 0.1) is 5.75 Å². The van der Waals surface area contributed by atoms with Crippen LogP contribution in [0.2, 0.25) is 0 Å². The molecule has 114 valence electrons. The van der Waals surface area contributed by atoms with E-state index in [0.29, 0.717) is 5.92 Å². The first kappa shape index (κ1) is 16.0. The van der Waals surface area contributed by atoms with Crippen molar-refractivity contribution in [2.45, 2.75) is 55.7 Å².